The number of fused-ring (bicyclic) bond motifs is 1. The van der Waals surface area contributed by atoms with Crippen LogP contribution in [0.25, 0.3) is 5.69 Å². The van der Waals surface area contributed by atoms with E-state index in [9.17, 15) is 4.79 Å². The number of aromatic nitrogens is 4. The number of thioether (sulfide) groups is 1. The second kappa shape index (κ2) is 7.17. The lowest BCUT2D eigenvalue weighted by molar-refractivity contribution is 0.102. The fourth-order valence-corrected chi connectivity index (χ4v) is 3.33. The van der Waals surface area contributed by atoms with Crippen LogP contribution in [0.1, 0.15) is 15.9 Å². The number of tetrazole rings is 1. The SMILES string of the molecule is Cc1ccc(-n2nnnc2SCC(=O)c2ccc3c(c2)OCCO3)cc1. The van der Waals surface area contributed by atoms with Gasteiger partial charge in [0.05, 0.1) is 11.4 Å². The highest BCUT2D eigenvalue weighted by Gasteiger charge is 2.17. The van der Waals surface area contributed by atoms with Gasteiger partial charge in [0, 0.05) is 5.56 Å². The molecule has 0 aliphatic carbocycles. The van der Waals surface area contributed by atoms with Crippen LogP contribution in [0.3, 0.4) is 0 Å². The number of nitrogens with zero attached hydrogens (tertiary/aromatic N) is 4. The van der Waals surface area contributed by atoms with Crippen molar-refractivity contribution in [1.82, 2.24) is 20.2 Å². The second-order valence-electron chi connectivity index (χ2n) is 5.78. The molecule has 1 aromatic heterocycles. The van der Waals surface area contributed by atoms with Crippen LogP contribution in [-0.2, 0) is 0 Å². The van der Waals surface area contributed by atoms with Gasteiger partial charge in [-0.05, 0) is 47.7 Å². The Bertz CT molecular complexity index is 940. The van der Waals surface area contributed by atoms with E-state index in [1.54, 1.807) is 22.9 Å². The Kier molecular flexibility index (Phi) is 4.57. The third kappa shape index (κ3) is 3.41. The van der Waals surface area contributed by atoms with E-state index in [4.69, 9.17) is 9.47 Å². The van der Waals surface area contributed by atoms with Gasteiger partial charge in [0.25, 0.3) is 0 Å². The normalized spacial score (nSPS) is 12.8. The number of aryl methyl sites for hydroxylation is 1. The zero-order valence-electron chi connectivity index (χ0n) is 14.1. The Hall–Kier alpha value is -2.87. The third-order valence-electron chi connectivity index (χ3n) is 3.92. The molecule has 0 unspecified atom stereocenters. The lowest BCUT2D eigenvalue weighted by Crippen LogP contribution is -2.16. The Labute approximate surface area is 154 Å². The number of ketones is 1. The summed E-state index contributed by atoms with van der Waals surface area (Å²) in [6.07, 6.45) is 0. The summed E-state index contributed by atoms with van der Waals surface area (Å²) in [5.41, 5.74) is 2.59. The summed E-state index contributed by atoms with van der Waals surface area (Å²) in [4.78, 5) is 12.5. The van der Waals surface area contributed by atoms with Gasteiger partial charge in [0.1, 0.15) is 13.2 Å². The van der Waals surface area contributed by atoms with Gasteiger partial charge < -0.3 is 9.47 Å². The number of carbonyl (C=O) groups is 1. The standard InChI is InChI=1S/C18H16N4O3S/c1-12-2-5-14(6-3-12)22-18(19-20-21-22)26-11-15(23)13-4-7-16-17(10-13)25-9-8-24-16/h2-7,10H,8-9,11H2,1H3. The molecule has 1 aliphatic heterocycles. The van der Waals surface area contributed by atoms with E-state index >= 15 is 0 Å². The molecule has 0 fully saturated rings. The third-order valence-corrected chi connectivity index (χ3v) is 4.84. The van der Waals surface area contributed by atoms with Gasteiger partial charge in [-0.3, -0.25) is 4.79 Å². The van der Waals surface area contributed by atoms with Crippen molar-refractivity contribution in [3.63, 3.8) is 0 Å². The fraction of sp³-hybridized carbons (Fsp3) is 0.222. The molecule has 132 valence electrons. The molecule has 8 heteroatoms. The van der Waals surface area contributed by atoms with Crippen molar-refractivity contribution in [3.05, 3.63) is 53.6 Å². The van der Waals surface area contributed by atoms with Crippen LogP contribution in [0, 0.1) is 6.92 Å². The molecule has 0 atom stereocenters. The molecule has 3 aromatic rings. The average molecular weight is 368 g/mol. The number of hydrogen-bond acceptors (Lipinski definition) is 7. The summed E-state index contributed by atoms with van der Waals surface area (Å²) in [5.74, 6) is 1.48. The molecule has 0 saturated heterocycles. The summed E-state index contributed by atoms with van der Waals surface area (Å²) in [7, 11) is 0. The average Bonchev–Trinajstić information content (AvgIpc) is 3.15. The maximum atomic E-state index is 12.5. The van der Waals surface area contributed by atoms with Gasteiger partial charge in [0.15, 0.2) is 17.3 Å². The zero-order chi connectivity index (χ0) is 17.9. The molecule has 1 aliphatic rings. The molecule has 0 bridgehead atoms. The maximum Gasteiger partial charge on any atom is 0.214 e. The van der Waals surface area contributed by atoms with Gasteiger partial charge in [-0.1, -0.05) is 29.5 Å². The Morgan fingerprint density at radius 3 is 2.69 bits per heavy atom. The molecule has 0 amide bonds. The van der Waals surface area contributed by atoms with E-state index in [1.807, 2.05) is 31.2 Å². The van der Waals surface area contributed by atoms with Crippen molar-refractivity contribution in [2.75, 3.05) is 19.0 Å². The van der Waals surface area contributed by atoms with E-state index in [0.29, 0.717) is 35.4 Å². The highest BCUT2D eigenvalue weighted by Crippen LogP contribution is 2.31. The summed E-state index contributed by atoms with van der Waals surface area (Å²) >= 11 is 1.30. The molecule has 7 nitrogen and oxygen atoms in total. The van der Waals surface area contributed by atoms with Crippen molar-refractivity contribution in [3.8, 4) is 17.2 Å². The quantitative estimate of drug-likeness (QED) is 0.506. The molecule has 4 rings (SSSR count). The Balaban J connectivity index is 1.47. The first kappa shape index (κ1) is 16.6. The van der Waals surface area contributed by atoms with E-state index in [0.717, 1.165) is 11.3 Å². The van der Waals surface area contributed by atoms with E-state index < -0.39 is 0 Å². The minimum atomic E-state index is -0.0228. The van der Waals surface area contributed by atoms with Crippen molar-refractivity contribution in [1.29, 1.82) is 0 Å². The van der Waals surface area contributed by atoms with Gasteiger partial charge in [-0.15, -0.1) is 5.10 Å². The van der Waals surface area contributed by atoms with Gasteiger partial charge >= 0.3 is 0 Å². The van der Waals surface area contributed by atoms with Crippen molar-refractivity contribution >= 4 is 17.5 Å². The summed E-state index contributed by atoms with van der Waals surface area (Å²) < 4.78 is 12.6. The van der Waals surface area contributed by atoms with Gasteiger partial charge in [-0.2, -0.15) is 4.68 Å². The molecule has 0 spiro atoms. The Morgan fingerprint density at radius 1 is 1.12 bits per heavy atom. The first-order chi connectivity index (χ1) is 12.7. The van der Waals surface area contributed by atoms with Crippen LogP contribution in [0.15, 0.2) is 47.6 Å². The van der Waals surface area contributed by atoms with Crippen molar-refractivity contribution < 1.29 is 14.3 Å². The zero-order valence-corrected chi connectivity index (χ0v) is 14.9. The lowest BCUT2D eigenvalue weighted by Gasteiger charge is -2.18. The minimum absolute atomic E-state index is 0.0228. The predicted octanol–water partition coefficient (Wildman–Crippen LogP) is 2.72. The van der Waals surface area contributed by atoms with Crippen LogP contribution in [-0.4, -0.2) is 45.0 Å². The number of benzene rings is 2. The molecule has 0 saturated carbocycles. The summed E-state index contributed by atoms with van der Waals surface area (Å²) in [6, 6.07) is 13.1. The molecular formula is C18H16N4O3S. The molecule has 2 aromatic carbocycles. The smallest absolute Gasteiger partial charge is 0.214 e. The molecule has 0 radical (unpaired) electrons. The first-order valence-electron chi connectivity index (χ1n) is 8.12. The van der Waals surface area contributed by atoms with E-state index in [-0.39, 0.29) is 11.5 Å². The summed E-state index contributed by atoms with van der Waals surface area (Å²) in [6.45, 7) is 3.04. The predicted molar refractivity (Wildman–Crippen MR) is 96.4 cm³/mol. The van der Waals surface area contributed by atoms with Crippen molar-refractivity contribution in [2.45, 2.75) is 12.1 Å². The van der Waals surface area contributed by atoms with E-state index in [1.165, 1.54) is 11.8 Å². The fourth-order valence-electron chi connectivity index (χ4n) is 2.55. The highest BCUT2D eigenvalue weighted by atomic mass is 32.2. The minimum Gasteiger partial charge on any atom is -0.486 e. The number of ether oxygens (including phenoxy) is 2. The highest BCUT2D eigenvalue weighted by molar-refractivity contribution is 7.99. The molecule has 26 heavy (non-hydrogen) atoms. The lowest BCUT2D eigenvalue weighted by atomic mass is 10.1. The number of carbonyl (C=O) groups excluding carboxylic acids is 1. The maximum absolute atomic E-state index is 12.5. The van der Waals surface area contributed by atoms with Crippen LogP contribution in [0.4, 0.5) is 0 Å². The first-order valence-corrected chi connectivity index (χ1v) is 9.10. The van der Waals surface area contributed by atoms with Crippen LogP contribution >= 0.6 is 11.8 Å². The largest absolute Gasteiger partial charge is 0.486 e. The summed E-state index contributed by atoms with van der Waals surface area (Å²) in [5, 5.41) is 12.3. The van der Waals surface area contributed by atoms with Crippen molar-refractivity contribution in [2.24, 2.45) is 0 Å². The number of rotatable bonds is 5. The molecule has 2 heterocycles. The topological polar surface area (TPSA) is 79.1 Å². The Morgan fingerprint density at radius 2 is 1.88 bits per heavy atom. The van der Waals surface area contributed by atoms with E-state index in [2.05, 4.69) is 15.5 Å². The van der Waals surface area contributed by atoms with Crippen LogP contribution < -0.4 is 9.47 Å². The van der Waals surface area contributed by atoms with Gasteiger partial charge in [-0.25, -0.2) is 0 Å². The van der Waals surface area contributed by atoms with Crippen LogP contribution in [0.2, 0.25) is 0 Å². The van der Waals surface area contributed by atoms with Gasteiger partial charge in [0.2, 0.25) is 5.16 Å². The van der Waals surface area contributed by atoms with Crippen LogP contribution in [0.5, 0.6) is 11.5 Å². The number of Topliss-reactive ketones (excluding diaryl/α,β-unsaturated/α-hetero) is 1. The monoisotopic (exact) mass is 368 g/mol. The molecule has 0 N–H and O–H groups in total. The number of hydrogen-bond donors (Lipinski definition) is 0. The second-order valence-corrected chi connectivity index (χ2v) is 6.72. The molecular weight excluding hydrogens is 352 g/mol.